The number of aromatic nitrogens is 5. The zero-order chi connectivity index (χ0) is 25.3. The summed E-state index contributed by atoms with van der Waals surface area (Å²) in [7, 11) is 0. The van der Waals surface area contributed by atoms with E-state index in [2.05, 4.69) is 65.2 Å². The molecule has 2 fully saturated rings. The predicted octanol–water partition coefficient (Wildman–Crippen LogP) is 3.78. The number of pyridine rings is 1. The van der Waals surface area contributed by atoms with E-state index in [0.717, 1.165) is 93.5 Å². The Bertz CT molecular complexity index is 1550. The topological polar surface area (TPSA) is 86.3 Å². The first-order valence-electron chi connectivity index (χ1n) is 13.2. The number of hydrogen-bond acceptors (Lipinski definition) is 9. The number of thiophene rings is 1. The van der Waals surface area contributed by atoms with Gasteiger partial charge in [-0.05, 0) is 23.8 Å². The van der Waals surface area contributed by atoms with E-state index in [4.69, 9.17) is 9.72 Å². The fraction of sp³-hybridized carbons (Fsp3) is 0.357. The summed E-state index contributed by atoms with van der Waals surface area (Å²) in [6.45, 7) is 9.21. The molecule has 6 heterocycles. The lowest BCUT2D eigenvalue weighted by atomic mass is 10.00. The fourth-order valence-corrected chi connectivity index (χ4v) is 6.69. The van der Waals surface area contributed by atoms with E-state index in [0.29, 0.717) is 0 Å². The summed E-state index contributed by atoms with van der Waals surface area (Å²) in [5, 5.41) is 8.46. The molecule has 7 rings (SSSR count). The van der Waals surface area contributed by atoms with E-state index in [-0.39, 0.29) is 0 Å². The van der Waals surface area contributed by atoms with Gasteiger partial charge in [0.2, 0.25) is 0 Å². The number of hydrogen-bond donors (Lipinski definition) is 1. The molecule has 0 amide bonds. The quantitative estimate of drug-likeness (QED) is 0.358. The molecule has 10 heteroatoms. The highest BCUT2D eigenvalue weighted by Gasteiger charge is 2.22. The number of rotatable bonds is 6. The van der Waals surface area contributed by atoms with E-state index in [1.807, 2.05) is 29.8 Å². The molecule has 0 radical (unpaired) electrons. The van der Waals surface area contributed by atoms with Gasteiger partial charge in [0.25, 0.3) is 0 Å². The van der Waals surface area contributed by atoms with Gasteiger partial charge in [0, 0.05) is 74.4 Å². The molecule has 9 nitrogen and oxygen atoms in total. The molecule has 1 aromatic carbocycles. The third-order valence-corrected chi connectivity index (χ3v) is 8.64. The molecule has 2 aliphatic heterocycles. The number of nitrogens with one attached hydrogen (secondary N) is 1. The van der Waals surface area contributed by atoms with Crippen LogP contribution in [0, 0.1) is 0 Å². The van der Waals surface area contributed by atoms with Crippen LogP contribution in [0.5, 0.6) is 0 Å². The normalized spacial score (nSPS) is 17.5. The zero-order valence-corrected chi connectivity index (χ0v) is 22.0. The maximum atomic E-state index is 5.53. The molecule has 2 aliphatic rings. The molecule has 0 saturated carbocycles. The van der Waals surface area contributed by atoms with E-state index in [1.165, 1.54) is 20.7 Å². The van der Waals surface area contributed by atoms with Gasteiger partial charge in [0.05, 0.1) is 40.8 Å². The largest absolute Gasteiger partial charge is 0.378 e. The van der Waals surface area contributed by atoms with Gasteiger partial charge in [-0.15, -0.1) is 11.3 Å². The Labute approximate surface area is 225 Å². The third kappa shape index (κ3) is 4.64. The Hall–Kier alpha value is -3.44. The summed E-state index contributed by atoms with van der Waals surface area (Å²) in [5.41, 5.74) is 5.59. The van der Waals surface area contributed by atoms with Gasteiger partial charge in [0.15, 0.2) is 0 Å². The van der Waals surface area contributed by atoms with Gasteiger partial charge >= 0.3 is 0 Å². The van der Waals surface area contributed by atoms with Crippen molar-refractivity contribution in [3.05, 3.63) is 65.7 Å². The lowest BCUT2D eigenvalue weighted by Gasteiger charge is -2.34. The summed E-state index contributed by atoms with van der Waals surface area (Å²) in [6.07, 6.45) is 5.51. The lowest BCUT2D eigenvalue weighted by Crippen LogP contribution is -2.45. The van der Waals surface area contributed by atoms with Crippen LogP contribution >= 0.6 is 11.3 Å². The van der Waals surface area contributed by atoms with E-state index in [1.54, 1.807) is 6.33 Å². The Morgan fingerprint density at radius 1 is 0.868 bits per heavy atom. The van der Waals surface area contributed by atoms with Crippen molar-refractivity contribution in [1.29, 1.82) is 0 Å². The fourth-order valence-electron chi connectivity index (χ4n) is 5.52. The van der Waals surface area contributed by atoms with E-state index >= 15 is 0 Å². The summed E-state index contributed by atoms with van der Waals surface area (Å²) in [5.74, 6) is 1.05. The number of nitrogens with zero attached hydrogens (tertiary/aromatic N) is 7. The zero-order valence-electron chi connectivity index (χ0n) is 21.2. The molecular formula is C28H30N8OS. The molecular weight excluding hydrogens is 496 g/mol. The molecule has 1 N–H and O–H groups in total. The van der Waals surface area contributed by atoms with Crippen molar-refractivity contribution in [2.24, 2.45) is 0 Å². The minimum Gasteiger partial charge on any atom is -0.378 e. The Morgan fingerprint density at radius 3 is 2.55 bits per heavy atom. The second-order valence-corrected chi connectivity index (χ2v) is 11.0. The van der Waals surface area contributed by atoms with Crippen LogP contribution in [0.25, 0.3) is 32.2 Å². The molecule has 4 aromatic heterocycles. The Morgan fingerprint density at radius 2 is 1.68 bits per heavy atom. The SMILES string of the molecule is c1cnc(CN2CCN(Cc3cc4ncnc(N5CCOCC5)c4s3)CC2)c(-c2cccc3[nH]ncc23)c1. The van der Waals surface area contributed by atoms with Gasteiger partial charge in [-0.3, -0.25) is 19.9 Å². The molecule has 0 spiro atoms. The number of benzene rings is 1. The molecule has 0 bridgehead atoms. The van der Waals surface area contributed by atoms with Crippen LogP contribution in [0.15, 0.2) is 55.1 Å². The molecule has 0 aliphatic carbocycles. The number of ether oxygens (including phenoxy) is 1. The summed E-state index contributed by atoms with van der Waals surface area (Å²) in [4.78, 5) is 22.7. The number of H-pyrrole nitrogens is 1. The van der Waals surface area contributed by atoms with Crippen LogP contribution in [0.1, 0.15) is 10.6 Å². The molecule has 194 valence electrons. The highest BCUT2D eigenvalue weighted by molar-refractivity contribution is 7.19. The molecule has 0 atom stereocenters. The second-order valence-electron chi connectivity index (χ2n) is 9.91. The molecule has 2 saturated heterocycles. The number of morpholine rings is 1. The van der Waals surface area contributed by atoms with Crippen LogP contribution in [-0.4, -0.2) is 87.4 Å². The van der Waals surface area contributed by atoms with Crippen molar-refractivity contribution in [3.63, 3.8) is 0 Å². The highest BCUT2D eigenvalue weighted by atomic mass is 32.1. The minimum atomic E-state index is 0.757. The van der Waals surface area contributed by atoms with Gasteiger partial charge in [0.1, 0.15) is 12.1 Å². The molecule has 0 unspecified atom stereocenters. The first-order chi connectivity index (χ1) is 18.8. The van der Waals surface area contributed by atoms with Crippen molar-refractivity contribution in [1.82, 2.24) is 34.9 Å². The Balaban J connectivity index is 1.02. The van der Waals surface area contributed by atoms with Crippen molar-refractivity contribution in [3.8, 4) is 11.1 Å². The van der Waals surface area contributed by atoms with E-state index < -0.39 is 0 Å². The third-order valence-electron chi connectivity index (χ3n) is 7.54. The second kappa shape index (κ2) is 10.4. The first kappa shape index (κ1) is 23.7. The first-order valence-corrected chi connectivity index (χ1v) is 14.0. The Kier molecular flexibility index (Phi) is 6.46. The van der Waals surface area contributed by atoms with Crippen LogP contribution in [0.2, 0.25) is 0 Å². The van der Waals surface area contributed by atoms with Gasteiger partial charge in [-0.25, -0.2) is 9.97 Å². The van der Waals surface area contributed by atoms with Gasteiger partial charge in [-0.2, -0.15) is 5.10 Å². The van der Waals surface area contributed by atoms with Gasteiger partial charge in [-0.1, -0.05) is 18.2 Å². The van der Waals surface area contributed by atoms with Gasteiger partial charge < -0.3 is 9.64 Å². The van der Waals surface area contributed by atoms with Crippen LogP contribution in [-0.2, 0) is 17.8 Å². The highest BCUT2D eigenvalue weighted by Crippen LogP contribution is 2.33. The average molecular weight is 527 g/mol. The van der Waals surface area contributed by atoms with Crippen molar-refractivity contribution < 1.29 is 4.74 Å². The minimum absolute atomic E-state index is 0.757. The van der Waals surface area contributed by atoms with Crippen LogP contribution in [0.4, 0.5) is 5.82 Å². The summed E-state index contributed by atoms with van der Waals surface area (Å²) >= 11 is 1.84. The predicted molar refractivity (Wildman–Crippen MR) is 150 cm³/mol. The van der Waals surface area contributed by atoms with Crippen molar-refractivity contribution in [2.45, 2.75) is 13.1 Å². The number of fused-ring (bicyclic) bond motifs is 2. The standard InChI is InChI=1S/C28H30N8OS/c1-3-21(23-16-32-33-24(23)5-1)22-4-2-6-29-26(22)18-35-9-7-34(8-10-35)17-20-15-25-27(38-20)28(31-19-30-25)36-11-13-37-14-12-36/h1-6,15-16,19H,7-14,17-18H2,(H,32,33). The smallest absolute Gasteiger partial charge is 0.150 e. The maximum absolute atomic E-state index is 5.53. The summed E-state index contributed by atoms with van der Waals surface area (Å²) < 4.78 is 6.72. The van der Waals surface area contributed by atoms with Crippen LogP contribution in [0.3, 0.4) is 0 Å². The van der Waals surface area contributed by atoms with Crippen molar-refractivity contribution >= 4 is 38.3 Å². The molecule has 38 heavy (non-hydrogen) atoms. The average Bonchev–Trinajstić information content (AvgIpc) is 3.62. The number of anilines is 1. The van der Waals surface area contributed by atoms with Crippen LogP contribution < -0.4 is 4.90 Å². The van der Waals surface area contributed by atoms with Crippen molar-refractivity contribution in [2.75, 3.05) is 57.4 Å². The number of piperazine rings is 1. The number of aromatic amines is 1. The summed E-state index contributed by atoms with van der Waals surface area (Å²) in [6, 6.07) is 12.7. The maximum Gasteiger partial charge on any atom is 0.150 e. The molecule has 5 aromatic rings. The lowest BCUT2D eigenvalue weighted by molar-refractivity contribution is 0.122. The monoisotopic (exact) mass is 526 g/mol. The van der Waals surface area contributed by atoms with E-state index in [9.17, 15) is 0 Å².